The standard InChI is InChI=1S/C88H78BN5O/c1-85(2,3)56-35-42-62(43-36-56)90(63-44-37-57(38-45-63)86(4,5)6)65-46-47-72-76(52-65)92(64-40-33-55(34-41-64)67-28-21-29-69-68-27-19-20-32-80(68)95-84(67)69)77-53-66(91(60-23-15-13-16-24-60)61-25-17-14-18-26-61)54-78-81(77)89(72)73-30-22-31-75-83(73)94(78)79-51-59(88(10,11)12)50-71-70-49-58(87(7,8)9)39-48-74(70)93(75)82(71)79/h13-54H,1-12H3/i13D,14D,15D,16D,17D,18D,19D,20D,21D,22D,23D,24D,25D,26D,27D,28D,29D,30D,31D,32D,33D,34D,35D,36D,37D,38D,39D,40D,41D,42D,43D,44D,45D,46D,47D,48D,49D,50D,51D,52D,53D,54D. The summed E-state index contributed by atoms with van der Waals surface area (Å²) in [6, 6.07) is -45.8. The highest BCUT2D eigenvalue weighted by Crippen LogP contribution is 2.56. The van der Waals surface area contributed by atoms with E-state index in [0.29, 0.717) is 14.7 Å². The number of aromatic nitrogens is 1. The van der Waals surface area contributed by atoms with Crippen molar-refractivity contribution >= 4 is 135 Å². The number of benzene rings is 12. The third-order valence-corrected chi connectivity index (χ3v) is 16.9. The molecule has 0 saturated carbocycles. The fourth-order valence-corrected chi connectivity index (χ4v) is 12.2. The van der Waals surface area contributed by atoms with E-state index < -0.39 is 417 Å². The van der Waals surface area contributed by atoms with Gasteiger partial charge in [0.15, 0.2) is 0 Å². The largest absolute Gasteiger partial charge is 0.455 e. The van der Waals surface area contributed by atoms with Gasteiger partial charge in [0.25, 0.3) is 6.71 Å². The monoisotopic (exact) mass is 1270 g/mol. The molecule has 0 unspecified atom stereocenters. The first-order valence-electron chi connectivity index (χ1n) is 51.4. The van der Waals surface area contributed by atoms with Crippen LogP contribution in [-0.4, -0.2) is 11.3 Å². The molecule has 0 atom stereocenters. The van der Waals surface area contributed by atoms with Crippen LogP contribution in [0.5, 0.6) is 0 Å². The van der Waals surface area contributed by atoms with Gasteiger partial charge in [0.2, 0.25) is 0 Å². The van der Waals surface area contributed by atoms with Gasteiger partial charge >= 0.3 is 0 Å². The first-order chi connectivity index (χ1) is 63.2. The van der Waals surface area contributed by atoms with Gasteiger partial charge in [-0.15, -0.1) is 0 Å². The predicted octanol–water partition coefficient (Wildman–Crippen LogP) is 22.9. The Morgan fingerprint density at radius 1 is 0.358 bits per heavy atom. The molecule has 17 rings (SSSR count). The van der Waals surface area contributed by atoms with Crippen LogP contribution in [0.4, 0.5) is 68.2 Å². The Balaban J connectivity index is 1.21. The first-order valence-corrected chi connectivity index (χ1v) is 30.4. The van der Waals surface area contributed by atoms with E-state index in [9.17, 15) is 49.3 Å². The van der Waals surface area contributed by atoms with Crippen molar-refractivity contribution in [2.24, 2.45) is 0 Å². The van der Waals surface area contributed by atoms with Crippen LogP contribution in [0.1, 0.15) is 163 Å². The van der Waals surface area contributed by atoms with Crippen LogP contribution in [0, 0.1) is 0 Å². The highest BCUT2D eigenvalue weighted by atomic mass is 16.3. The Bertz CT molecular complexity index is 7780. The van der Waals surface area contributed by atoms with Crippen LogP contribution < -0.4 is 36.0 Å². The van der Waals surface area contributed by atoms with Crippen LogP contribution in [0.3, 0.4) is 0 Å². The lowest BCUT2D eigenvalue weighted by Crippen LogP contribution is -2.61. The molecule has 0 aliphatic carbocycles. The lowest BCUT2D eigenvalue weighted by atomic mass is 9.33. The second-order valence-corrected chi connectivity index (χ2v) is 27.3. The second kappa shape index (κ2) is 21.0. The molecule has 0 saturated heterocycles. The minimum atomic E-state index is -2.51. The molecular formula is C88H78BN5O. The number of nitrogens with zero attached hydrogens (tertiary/aromatic N) is 5. The third kappa shape index (κ3) is 9.28. The number of furan rings is 1. The van der Waals surface area contributed by atoms with Crippen molar-refractivity contribution in [3.8, 4) is 16.8 Å². The van der Waals surface area contributed by atoms with Gasteiger partial charge in [-0.2, -0.15) is 0 Å². The number of para-hydroxylation sites is 5. The zero-order chi connectivity index (χ0) is 102. The lowest BCUT2D eigenvalue weighted by Gasteiger charge is -2.47. The fourth-order valence-electron chi connectivity index (χ4n) is 12.2. The van der Waals surface area contributed by atoms with E-state index in [1.54, 1.807) is 41.5 Å². The van der Waals surface area contributed by atoms with Crippen molar-refractivity contribution in [1.82, 2.24) is 4.57 Å². The summed E-state index contributed by atoms with van der Waals surface area (Å²) in [4.78, 5) is 2.26. The van der Waals surface area contributed by atoms with Crippen molar-refractivity contribution in [2.75, 3.05) is 19.6 Å². The summed E-state index contributed by atoms with van der Waals surface area (Å²) in [5, 5.41) is -1.78. The SMILES string of the molecule is [2H]c1c([2H])c([2H])c(N(c2c([2H])c([2H])c([2H])c([2H])c2[2H])c2c([2H])c3c4c(c2[2H])N2c5c(c([2H])c([2H])c([2H])c5-n5c6c([2H])c([2H])c(C(C)(C)C)c([2H])c6c6c([2H])c(C(C)(C)C)c([2H])c2c65)B4c2c([2H])c([2H])c(N(c4c([2H])c([2H])c(C(C)(C)C)c([2H])c4[2H])c4c([2H])c([2H])c(C(C)(C)C)c([2H])c4[2H])c([2H])c2N3c2c([2H])c([2H])c(-c3c([2H])c([2H])c([2H])c4c3oc3c([2H])c([2H])c([2H])c([2H])c34)c([2H])c2[2H])c([2H])c1[2H]. The number of rotatable bonds is 8. The van der Waals surface area contributed by atoms with Crippen molar-refractivity contribution < 1.29 is 62.0 Å². The Morgan fingerprint density at radius 3 is 1.52 bits per heavy atom. The van der Waals surface area contributed by atoms with Gasteiger partial charge in [-0.25, -0.2) is 0 Å². The molecule has 6 nitrogen and oxygen atoms in total. The van der Waals surface area contributed by atoms with Crippen LogP contribution in [-0.2, 0) is 21.7 Å². The molecule has 3 aliphatic rings. The van der Waals surface area contributed by atoms with Gasteiger partial charge in [-0.05, 0) is 187 Å². The smallest absolute Gasteiger partial charge is 0.252 e. The van der Waals surface area contributed by atoms with E-state index in [1.807, 2.05) is 0 Å². The van der Waals surface area contributed by atoms with Crippen molar-refractivity contribution in [3.63, 3.8) is 0 Å². The molecule has 464 valence electrons. The Hall–Kier alpha value is -10.5. The third-order valence-electron chi connectivity index (χ3n) is 16.9. The average molecular weight is 1270 g/mol. The van der Waals surface area contributed by atoms with Crippen LogP contribution in [0.2, 0.25) is 0 Å². The highest BCUT2D eigenvalue weighted by molar-refractivity contribution is 7.00. The van der Waals surface area contributed by atoms with Crippen LogP contribution in [0.15, 0.2) is 258 Å². The van der Waals surface area contributed by atoms with E-state index in [1.165, 1.54) is 41.5 Å². The maximum absolute atomic E-state index is 11.7. The van der Waals surface area contributed by atoms with Gasteiger partial charge in [-0.1, -0.05) is 216 Å². The summed E-state index contributed by atoms with van der Waals surface area (Å²) >= 11 is 0. The van der Waals surface area contributed by atoms with E-state index in [0.717, 1.165) is 9.47 Å². The molecular weight excluding hydrogens is 1150 g/mol. The topological polar surface area (TPSA) is 31.0 Å². The van der Waals surface area contributed by atoms with E-state index in [2.05, 4.69) is 0 Å². The van der Waals surface area contributed by atoms with Gasteiger partial charge in [-0.3, -0.25) is 0 Å². The maximum Gasteiger partial charge on any atom is 0.252 e. The molecule has 3 aliphatic heterocycles. The van der Waals surface area contributed by atoms with Crippen LogP contribution in [0.25, 0.3) is 60.6 Å². The molecule has 0 amide bonds. The number of hydrogen-bond acceptors (Lipinski definition) is 5. The summed E-state index contributed by atoms with van der Waals surface area (Å²) < 4.78 is 430. The molecule has 0 radical (unpaired) electrons. The molecule has 7 heteroatoms. The molecule has 2 aromatic heterocycles. The van der Waals surface area contributed by atoms with Gasteiger partial charge < -0.3 is 28.6 Å². The minimum absolute atomic E-state index is 0.0794. The van der Waals surface area contributed by atoms with Crippen LogP contribution >= 0.6 is 0 Å². The molecule has 12 aromatic carbocycles. The lowest BCUT2D eigenvalue weighted by molar-refractivity contribution is 0.590. The Labute approximate surface area is 618 Å². The predicted molar refractivity (Wildman–Crippen MR) is 405 cm³/mol. The van der Waals surface area contributed by atoms with Gasteiger partial charge in [0, 0.05) is 78.3 Å². The molecule has 5 heterocycles. The molecule has 0 fully saturated rings. The zero-order valence-corrected chi connectivity index (χ0v) is 53.2. The summed E-state index contributed by atoms with van der Waals surface area (Å²) in [6.07, 6.45) is 0. The summed E-state index contributed by atoms with van der Waals surface area (Å²) in [5.74, 6) is 0. The second-order valence-electron chi connectivity index (χ2n) is 27.3. The molecule has 0 spiro atoms. The quantitative estimate of drug-likeness (QED) is 0.142. The Morgan fingerprint density at radius 2 is 0.884 bits per heavy atom. The number of anilines is 12. The normalized spacial score (nSPS) is 19.6. The summed E-state index contributed by atoms with van der Waals surface area (Å²) in [6.45, 7) is 16.3. The minimum Gasteiger partial charge on any atom is -0.455 e. The highest BCUT2D eigenvalue weighted by Gasteiger charge is 2.47. The first kappa shape index (κ1) is 29.0. The molecule has 95 heavy (non-hydrogen) atoms. The summed E-state index contributed by atoms with van der Waals surface area (Å²) in [5.41, 5.74) is -27.0. The fraction of sp³-hybridized carbons (Fsp3) is 0.182. The van der Waals surface area contributed by atoms with Crippen molar-refractivity contribution in [2.45, 2.75) is 105 Å². The van der Waals surface area contributed by atoms with Gasteiger partial charge in [0.1, 0.15) is 11.2 Å². The van der Waals surface area contributed by atoms with E-state index in [-0.39, 0.29) is 33.0 Å². The van der Waals surface area contributed by atoms with Crippen molar-refractivity contribution in [1.29, 1.82) is 0 Å². The average Bonchev–Trinajstić information content (AvgIpc) is 1.63. The van der Waals surface area contributed by atoms with Crippen molar-refractivity contribution in [3.05, 3.63) is 276 Å². The molecule has 14 aromatic rings. The Kier molecular flexibility index (Phi) is 6.42. The summed E-state index contributed by atoms with van der Waals surface area (Å²) in [7, 11) is 0. The molecule has 0 bridgehead atoms. The maximum atomic E-state index is 11.7. The number of hydrogen-bond donors (Lipinski definition) is 0. The van der Waals surface area contributed by atoms with Gasteiger partial charge in [0.05, 0.1) is 91.4 Å². The molecule has 0 N–H and O–H groups in total. The van der Waals surface area contributed by atoms with E-state index >= 15 is 0 Å². The van der Waals surface area contributed by atoms with E-state index in [4.69, 9.17) is 12.6 Å². The zero-order valence-electron chi connectivity index (χ0n) is 95.2. The number of fused-ring (bicyclic) bond motifs is 12.